The van der Waals surface area contributed by atoms with Gasteiger partial charge in [-0.1, -0.05) is 41.9 Å². The number of aryl methyl sites for hydroxylation is 1. The molecule has 0 aromatic heterocycles. The first kappa shape index (κ1) is 15.0. The maximum atomic E-state index is 6.03. The molecule has 2 N–H and O–H groups in total. The third-order valence-corrected chi connectivity index (χ3v) is 5.25. The molecule has 0 saturated carbocycles. The lowest BCUT2D eigenvalue weighted by molar-refractivity contribution is 0.0964. The Morgan fingerprint density at radius 3 is 2.47 bits per heavy atom. The van der Waals surface area contributed by atoms with Gasteiger partial charge in [-0.25, -0.2) is 0 Å². The van der Waals surface area contributed by atoms with Crippen LogP contribution in [0.15, 0.2) is 22.7 Å². The Balaban J connectivity index is 2.14. The van der Waals surface area contributed by atoms with E-state index in [9.17, 15) is 0 Å². The zero-order valence-corrected chi connectivity index (χ0v) is 13.8. The number of benzene rings is 1. The molecule has 1 aliphatic rings. The molecule has 1 heterocycles. The van der Waals surface area contributed by atoms with Gasteiger partial charge in [0.05, 0.1) is 0 Å². The number of piperidine rings is 1. The molecule has 2 rings (SSSR count). The maximum absolute atomic E-state index is 6.03. The predicted molar refractivity (Wildman–Crippen MR) is 85.3 cm³/mol. The van der Waals surface area contributed by atoms with Crippen molar-refractivity contribution >= 4 is 15.9 Å². The molecule has 0 radical (unpaired) electrons. The van der Waals surface area contributed by atoms with E-state index < -0.39 is 0 Å². The fourth-order valence-electron chi connectivity index (χ4n) is 2.75. The van der Waals surface area contributed by atoms with Crippen LogP contribution in [-0.4, -0.2) is 24.5 Å². The van der Waals surface area contributed by atoms with Crippen molar-refractivity contribution < 1.29 is 0 Å². The molecule has 0 bridgehead atoms. The second-order valence-electron chi connectivity index (χ2n) is 6.46. The summed E-state index contributed by atoms with van der Waals surface area (Å²) in [5, 5.41) is 0. The number of rotatable bonds is 3. The van der Waals surface area contributed by atoms with Gasteiger partial charge in [0.15, 0.2) is 0 Å². The minimum Gasteiger partial charge on any atom is -0.329 e. The highest BCUT2D eigenvalue weighted by Gasteiger charge is 2.29. The molecule has 19 heavy (non-hydrogen) atoms. The molecule has 1 saturated heterocycles. The molecular weight excluding hydrogens is 300 g/mol. The summed E-state index contributed by atoms with van der Waals surface area (Å²) in [6, 6.07) is 6.98. The fourth-order valence-corrected chi connectivity index (χ4v) is 3.15. The van der Waals surface area contributed by atoms with Crippen molar-refractivity contribution in [2.24, 2.45) is 11.1 Å². The first-order chi connectivity index (χ1) is 8.93. The Morgan fingerprint density at radius 2 is 1.95 bits per heavy atom. The molecule has 1 aliphatic heterocycles. The highest BCUT2D eigenvalue weighted by molar-refractivity contribution is 9.10. The SMILES string of the molecule is Cc1ccc(C(CN)N2CCC(C)(C)CC2)cc1Br. The predicted octanol–water partition coefficient (Wildman–Crippen LogP) is 3.88. The van der Waals surface area contributed by atoms with Gasteiger partial charge in [-0.15, -0.1) is 0 Å². The summed E-state index contributed by atoms with van der Waals surface area (Å²) in [6.45, 7) is 9.85. The van der Waals surface area contributed by atoms with Gasteiger partial charge in [0, 0.05) is 17.1 Å². The quantitative estimate of drug-likeness (QED) is 0.914. The minimum absolute atomic E-state index is 0.355. The summed E-state index contributed by atoms with van der Waals surface area (Å²) < 4.78 is 1.18. The van der Waals surface area contributed by atoms with Crippen LogP contribution in [-0.2, 0) is 0 Å². The Labute approximate surface area is 125 Å². The zero-order valence-electron chi connectivity index (χ0n) is 12.2. The lowest BCUT2D eigenvalue weighted by Crippen LogP contribution is -2.42. The van der Waals surface area contributed by atoms with Crippen molar-refractivity contribution in [3.8, 4) is 0 Å². The van der Waals surface area contributed by atoms with Gasteiger partial charge in [-0.3, -0.25) is 4.90 Å². The second kappa shape index (κ2) is 5.94. The van der Waals surface area contributed by atoms with Gasteiger partial charge in [-0.05, 0) is 55.5 Å². The van der Waals surface area contributed by atoms with Crippen LogP contribution in [0.2, 0.25) is 0 Å². The third-order valence-electron chi connectivity index (χ3n) is 4.40. The van der Waals surface area contributed by atoms with Crippen molar-refractivity contribution in [3.63, 3.8) is 0 Å². The van der Waals surface area contributed by atoms with Gasteiger partial charge >= 0.3 is 0 Å². The molecule has 1 unspecified atom stereocenters. The van der Waals surface area contributed by atoms with Crippen LogP contribution in [0, 0.1) is 12.3 Å². The first-order valence-corrected chi connectivity index (χ1v) is 7.92. The van der Waals surface area contributed by atoms with E-state index in [1.54, 1.807) is 0 Å². The van der Waals surface area contributed by atoms with Gasteiger partial charge in [0.25, 0.3) is 0 Å². The largest absolute Gasteiger partial charge is 0.329 e. The van der Waals surface area contributed by atoms with Gasteiger partial charge in [0.1, 0.15) is 0 Å². The van der Waals surface area contributed by atoms with Crippen molar-refractivity contribution in [3.05, 3.63) is 33.8 Å². The molecule has 2 nitrogen and oxygen atoms in total. The molecule has 0 spiro atoms. The van der Waals surface area contributed by atoms with E-state index in [4.69, 9.17) is 5.73 Å². The number of hydrogen-bond donors (Lipinski definition) is 1. The Morgan fingerprint density at radius 1 is 1.32 bits per heavy atom. The summed E-state index contributed by atoms with van der Waals surface area (Å²) in [6.07, 6.45) is 2.52. The van der Waals surface area contributed by atoms with Gasteiger partial charge in [0.2, 0.25) is 0 Å². The summed E-state index contributed by atoms with van der Waals surface area (Å²) in [7, 11) is 0. The van der Waals surface area contributed by atoms with Crippen molar-refractivity contribution in [1.29, 1.82) is 0 Å². The van der Waals surface area contributed by atoms with E-state index in [-0.39, 0.29) is 0 Å². The highest BCUT2D eigenvalue weighted by atomic mass is 79.9. The second-order valence-corrected chi connectivity index (χ2v) is 7.31. The molecule has 1 aromatic carbocycles. The fraction of sp³-hybridized carbons (Fsp3) is 0.625. The van der Waals surface area contributed by atoms with E-state index in [1.807, 2.05) is 0 Å². The van der Waals surface area contributed by atoms with E-state index in [0.717, 1.165) is 13.1 Å². The molecule has 0 amide bonds. The zero-order chi connectivity index (χ0) is 14.0. The first-order valence-electron chi connectivity index (χ1n) is 7.13. The summed E-state index contributed by atoms with van der Waals surface area (Å²) in [4.78, 5) is 2.54. The van der Waals surface area contributed by atoms with Crippen LogP contribution < -0.4 is 5.73 Å². The van der Waals surface area contributed by atoms with Crippen LogP contribution in [0.1, 0.15) is 43.9 Å². The van der Waals surface area contributed by atoms with Crippen LogP contribution in [0.25, 0.3) is 0 Å². The summed E-state index contributed by atoms with van der Waals surface area (Å²) >= 11 is 3.63. The van der Waals surface area contributed by atoms with Crippen molar-refractivity contribution in [2.75, 3.05) is 19.6 Å². The van der Waals surface area contributed by atoms with Crippen molar-refractivity contribution in [1.82, 2.24) is 4.90 Å². The summed E-state index contributed by atoms with van der Waals surface area (Å²) in [5.74, 6) is 0. The van der Waals surface area contributed by atoms with Crippen LogP contribution in [0.4, 0.5) is 0 Å². The smallest absolute Gasteiger partial charge is 0.0470 e. The molecule has 1 atom stereocenters. The monoisotopic (exact) mass is 324 g/mol. The average Bonchev–Trinajstić information content (AvgIpc) is 2.36. The lowest BCUT2D eigenvalue weighted by Gasteiger charge is -2.41. The normalized spacial score (nSPS) is 21.3. The van der Waals surface area contributed by atoms with Gasteiger partial charge < -0.3 is 5.73 Å². The van der Waals surface area contributed by atoms with Crippen LogP contribution in [0.5, 0.6) is 0 Å². The van der Waals surface area contributed by atoms with E-state index >= 15 is 0 Å². The van der Waals surface area contributed by atoms with Crippen molar-refractivity contribution in [2.45, 2.75) is 39.7 Å². The van der Waals surface area contributed by atoms with Gasteiger partial charge in [-0.2, -0.15) is 0 Å². The minimum atomic E-state index is 0.355. The molecule has 3 heteroatoms. The van der Waals surface area contributed by atoms with E-state index in [2.05, 4.69) is 59.8 Å². The highest BCUT2D eigenvalue weighted by Crippen LogP contribution is 2.34. The maximum Gasteiger partial charge on any atom is 0.0470 e. The molecule has 0 aliphatic carbocycles. The topological polar surface area (TPSA) is 29.3 Å². The average molecular weight is 325 g/mol. The Bertz CT molecular complexity index is 432. The van der Waals surface area contributed by atoms with E-state index in [1.165, 1.54) is 28.4 Å². The third kappa shape index (κ3) is 3.59. The number of halogens is 1. The molecule has 106 valence electrons. The Kier molecular flexibility index (Phi) is 4.70. The number of hydrogen-bond acceptors (Lipinski definition) is 2. The standard InChI is InChI=1S/C16H25BrN2/c1-12-4-5-13(10-14(12)17)15(11-18)19-8-6-16(2,3)7-9-19/h4-5,10,15H,6-9,11,18H2,1-3H3. The van der Waals surface area contributed by atoms with Crippen LogP contribution in [0.3, 0.4) is 0 Å². The summed E-state index contributed by atoms with van der Waals surface area (Å²) in [5.41, 5.74) is 9.13. The molecular formula is C16H25BrN2. The number of nitrogens with two attached hydrogens (primary N) is 1. The number of likely N-dealkylation sites (tertiary alicyclic amines) is 1. The van der Waals surface area contributed by atoms with Crippen LogP contribution >= 0.6 is 15.9 Å². The molecule has 1 aromatic rings. The molecule has 1 fully saturated rings. The van der Waals surface area contributed by atoms with E-state index in [0.29, 0.717) is 18.0 Å². The Hall–Kier alpha value is -0.380. The number of nitrogens with zero attached hydrogens (tertiary/aromatic N) is 1. The lowest BCUT2D eigenvalue weighted by atomic mass is 9.82.